The Hall–Kier alpha value is -1.65. The summed E-state index contributed by atoms with van der Waals surface area (Å²) in [7, 11) is 0. The quantitative estimate of drug-likeness (QED) is 0.518. The first kappa shape index (κ1) is 12.4. The van der Waals surface area contributed by atoms with Gasteiger partial charge in [0.2, 0.25) is 5.91 Å². The van der Waals surface area contributed by atoms with E-state index in [-0.39, 0.29) is 17.7 Å². The minimum Gasteiger partial charge on any atom is -0.356 e. The highest BCUT2D eigenvalue weighted by Crippen LogP contribution is 2.06. The van der Waals surface area contributed by atoms with Crippen molar-refractivity contribution in [3.63, 3.8) is 0 Å². The largest absolute Gasteiger partial charge is 0.356 e. The van der Waals surface area contributed by atoms with E-state index in [1.165, 1.54) is 17.1 Å². The molecule has 16 heavy (non-hydrogen) atoms. The molecule has 1 rings (SSSR count). The number of hydrogen-bond donors (Lipinski definition) is 1. The van der Waals surface area contributed by atoms with Gasteiger partial charge in [-0.05, 0) is 19.8 Å². The molecule has 1 N–H and O–H groups in total. The molecule has 1 aliphatic heterocycles. The second kappa shape index (κ2) is 6.05. The molecule has 0 saturated carbocycles. The minimum atomic E-state index is -0.261. The monoisotopic (exact) mass is 224 g/mol. The van der Waals surface area contributed by atoms with Crippen molar-refractivity contribution in [3.8, 4) is 0 Å². The lowest BCUT2D eigenvalue weighted by atomic mass is 10.2. The van der Waals surface area contributed by atoms with E-state index in [1.54, 1.807) is 0 Å². The zero-order valence-corrected chi connectivity index (χ0v) is 9.36. The highest BCUT2D eigenvalue weighted by atomic mass is 16.2. The van der Waals surface area contributed by atoms with Gasteiger partial charge in [-0.2, -0.15) is 0 Å². The fourth-order valence-electron chi connectivity index (χ4n) is 1.49. The number of hydrogen-bond acceptors (Lipinski definition) is 3. The van der Waals surface area contributed by atoms with Crippen LogP contribution in [0.1, 0.15) is 26.2 Å². The lowest BCUT2D eigenvalue weighted by molar-refractivity contribution is -0.136. The Morgan fingerprint density at radius 2 is 1.88 bits per heavy atom. The van der Waals surface area contributed by atoms with Gasteiger partial charge in [-0.25, -0.2) is 0 Å². The fraction of sp³-hybridized carbons (Fsp3) is 0.545. The van der Waals surface area contributed by atoms with Gasteiger partial charge >= 0.3 is 0 Å². The van der Waals surface area contributed by atoms with Crippen molar-refractivity contribution in [2.24, 2.45) is 0 Å². The average molecular weight is 224 g/mol. The van der Waals surface area contributed by atoms with Crippen LogP contribution in [0.3, 0.4) is 0 Å². The summed E-state index contributed by atoms with van der Waals surface area (Å²) in [6, 6.07) is 0. The Balaban J connectivity index is 2.14. The van der Waals surface area contributed by atoms with Crippen molar-refractivity contribution in [2.75, 3.05) is 13.1 Å². The number of carbonyl (C=O) groups is 3. The molecule has 0 radical (unpaired) electrons. The molecule has 5 heteroatoms. The lowest BCUT2D eigenvalue weighted by Gasteiger charge is -2.12. The molecular weight excluding hydrogens is 208 g/mol. The Morgan fingerprint density at radius 3 is 2.44 bits per heavy atom. The number of amides is 3. The third kappa shape index (κ3) is 3.49. The molecule has 0 unspecified atom stereocenters. The molecule has 88 valence electrons. The lowest BCUT2D eigenvalue weighted by Crippen LogP contribution is -2.31. The molecule has 0 bridgehead atoms. The highest BCUT2D eigenvalue weighted by molar-refractivity contribution is 6.12. The maximum Gasteiger partial charge on any atom is 0.253 e. The van der Waals surface area contributed by atoms with Crippen LogP contribution in [0.4, 0.5) is 0 Å². The summed E-state index contributed by atoms with van der Waals surface area (Å²) in [5.74, 6) is -0.509. The van der Waals surface area contributed by atoms with Crippen LogP contribution in [-0.4, -0.2) is 35.7 Å². The summed E-state index contributed by atoms with van der Waals surface area (Å²) >= 11 is 0. The zero-order valence-electron chi connectivity index (χ0n) is 9.36. The smallest absolute Gasteiger partial charge is 0.253 e. The van der Waals surface area contributed by atoms with E-state index in [4.69, 9.17) is 0 Å². The summed E-state index contributed by atoms with van der Waals surface area (Å²) in [6.07, 6.45) is 4.33. The van der Waals surface area contributed by atoms with Crippen LogP contribution >= 0.6 is 0 Å². The Bertz CT molecular complexity index is 305. The van der Waals surface area contributed by atoms with E-state index in [0.717, 1.165) is 0 Å². The maximum absolute atomic E-state index is 11.2. The molecule has 3 amide bonds. The molecule has 0 saturated heterocycles. The number of imide groups is 1. The fourth-order valence-corrected chi connectivity index (χ4v) is 1.49. The predicted molar refractivity (Wildman–Crippen MR) is 58.4 cm³/mol. The Morgan fingerprint density at radius 1 is 1.25 bits per heavy atom. The van der Waals surface area contributed by atoms with Crippen molar-refractivity contribution in [1.29, 1.82) is 0 Å². The predicted octanol–water partition coefficient (Wildman–Crippen LogP) is 0.218. The number of rotatable bonds is 6. The van der Waals surface area contributed by atoms with Gasteiger partial charge in [-0.1, -0.05) is 0 Å². The van der Waals surface area contributed by atoms with Crippen LogP contribution in [0.25, 0.3) is 0 Å². The van der Waals surface area contributed by atoms with E-state index in [0.29, 0.717) is 32.4 Å². The Kier molecular flexibility index (Phi) is 4.69. The number of carbonyl (C=O) groups excluding carboxylic acids is 3. The molecule has 0 fully saturated rings. The number of nitrogens with one attached hydrogen (secondary N) is 1. The van der Waals surface area contributed by atoms with Gasteiger partial charge in [0.15, 0.2) is 0 Å². The van der Waals surface area contributed by atoms with Gasteiger partial charge in [0.25, 0.3) is 11.8 Å². The van der Waals surface area contributed by atoms with Gasteiger partial charge in [-0.15, -0.1) is 0 Å². The van der Waals surface area contributed by atoms with Crippen molar-refractivity contribution in [2.45, 2.75) is 26.2 Å². The highest BCUT2D eigenvalue weighted by Gasteiger charge is 2.22. The summed E-state index contributed by atoms with van der Waals surface area (Å²) in [5.41, 5.74) is 0. The molecule has 0 atom stereocenters. The summed E-state index contributed by atoms with van der Waals surface area (Å²) < 4.78 is 0. The third-order valence-electron chi connectivity index (χ3n) is 2.31. The first-order valence-corrected chi connectivity index (χ1v) is 5.45. The molecule has 1 heterocycles. The van der Waals surface area contributed by atoms with E-state index in [2.05, 4.69) is 5.32 Å². The zero-order chi connectivity index (χ0) is 12.0. The van der Waals surface area contributed by atoms with Crippen molar-refractivity contribution in [3.05, 3.63) is 12.2 Å². The van der Waals surface area contributed by atoms with Crippen LogP contribution in [-0.2, 0) is 14.4 Å². The molecule has 1 aliphatic rings. The average Bonchev–Trinajstić information content (AvgIpc) is 2.55. The SMILES string of the molecule is CCNC(=O)CCCCN1C(=O)C=CC1=O. The van der Waals surface area contributed by atoms with Crippen molar-refractivity contribution >= 4 is 17.7 Å². The molecular formula is C11H16N2O3. The normalized spacial score (nSPS) is 14.7. The van der Waals surface area contributed by atoms with Gasteiger partial charge in [0, 0.05) is 31.7 Å². The first-order chi connectivity index (χ1) is 7.65. The molecule has 0 aromatic rings. The van der Waals surface area contributed by atoms with Crippen molar-refractivity contribution < 1.29 is 14.4 Å². The first-order valence-electron chi connectivity index (χ1n) is 5.45. The Labute approximate surface area is 94.5 Å². The van der Waals surface area contributed by atoms with Gasteiger partial charge in [-0.3, -0.25) is 19.3 Å². The molecule has 0 aromatic carbocycles. The topological polar surface area (TPSA) is 66.5 Å². The standard InChI is InChI=1S/C11H16N2O3/c1-2-12-9(14)5-3-4-8-13-10(15)6-7-11(13)16/h6-7H,2-5,8H2,1H3,(H,12,14). The number of nitrogens with zero attached hydrogens (tertiary/aromatic N) is 1. The number of unbranched alkanes of at least 4 members (excludes halogenated alkanes) is 1. The molecule has 0 spiro atoms. The molecule has 0 aromatic heterocycles. The van der Waals surface area contributed by atoms with E-state index in [9.17, 15) is 14.4 Å². The third-order valence-corrected chi connectivity index (χ3v) is 2.31. The summed E-state index contributed by atoms with van der Waals surface area (Å²) in [4.78, 5) is 34.6. The van der Waals surface area contributed by atoms with Crippen LogP contribution in [0.5, 0.6) is 0 Å². The van der Waals surface area contributed by atoms with E-state index < -0.39 is 0 Å². The summed E-state index contributed by atoms with van der Waals surface area (Å²) in [5, 5.41) is 2.69. The van der Waals surface area contributed by atoms with Gasteiger partial charge < -0.3 is 5.32 Å². The van der Waals surface area contributed by atoms with Crippen LogP contribution in [0, 0.1) is 0 Å². The summed E-state index contributed by atoms with van der Waals surface area (Å²) in [6.45, 7) is 2.89. The second-order valence-corrected chi connectivity index (χ2v) is 3.57. The van der Waals surface area contributed by atoms with Crippen molar-refractivity contribution in [1.82, 2.24) is 10.2 Å². The van der Waals surface area contributed by atoms with Gasteiger partial charge in [0.05, 0.1) is 0 Å². The van der Waals surface area contributed by atoms with Crippen LogP contribution in [0.15, 0.2) is 12.2 Å². The van der Waals surface area contributed by atoms with Crippen LogP contribution < -0.4 is 5.32 Å². The van der Waals surface area contributed by atoms with E-state index >= 15 is 0 Å². The maximum atomic E-state index is 11.2. The molecule has 5 nitrogen and oxygen atoms in total. The van der Waals surface area contributed by atoms with E-state index in [1.807, 2.05) is 6.92 Å². The van der Waals surface area contributed by atoms with Gasteiger partial charge in [0.1, 0.15) is 0 Å². The minimum absolute atomic E-state index is 0.0136. The van der Waals surface area contributed by atoms with Crippen LogP contribution in [0.2, 0.25) is 0 Å². The molecule has 0 aliphatic carbocycles. The second-order valence-electron chi connectivity index (χ2n) is 3.57.